The van der Waals surface area contributed by atoms with Gasteiger partial charge < -0.3 is 0 Å². The number of hydrogen-bond acceptors (Lipinski definition) is 0. The standard InChI is InChI=1S/C21H27N3/c1-16-10-7-8-12-23(16)19-14-18(21(3,4)5)15-20(17(19)2)24-13-9-11-22(24)6/h7-15H,1-6H3/q+2. The summed E-state index contributed by atoms with van der Waals surface area (Å²) in [7, 11) is 2.07. The molecule has 0 aliphatic carbocycles. The molecule has 0 atom stereocenters. The first kappa shape index (κ1) is 16.4. The van der Waals surface area contributed by atoms with Crippen LogP contribution in [0.2, 0.25) is 0 Å². The van der Waals surface area contributed by atoms with E-state index < -0.39 is 0 Å². The molecule has 2 aromatic heterocycles. The second-order valence-electron chi connectivity index (χ2n) is 7.51. The Hall–Kier alpha value is -2.42. The molecule has 0 saturated carbocycles. The summed E-state index contributed by atoms with van der Waals surface area (Å²) in [5.74, 6) is 0. The lowest BCUT2D eigenvalue weighted by Crippen LogP contribution is -2.39. The molecule has 0 unspecified atom stereocenters. The summed E-state index contributed by atoms with van der Waals surface area (Å²) >= 11 is 0. The van der Waals surface area contributed by atoms with E-state index in [4.69, 9.17) is 0 Å². The average Bonchev–Trinajstić information content (AvgIpc) is 2.93. The van der Waals surface area contributed by atoms with Gasteiger partial charge in [0.1, 0.15) is 5.69 Å². The third-order valence-electron chi connectivity index (χ3n) is 4.66. The van der Waals surface area contributed by atoms with E-state index in [1.807, 2.05) is 0 Å². The van der Waals surface area contributed by atoms with Crippen LogP contribution in [0, 0.1) is 13.8 Å². The van der Waals surface area contributed by atoms with Crippen LogP contribution in [0.25, 0.3) is 11.4 Å². The van der Waals surface area contributed by atoms with Crippen LogP contribution in [0.4, 0.5) is 0 Å². The largest absolute Gasteiger partial charge is 0.216 e. The zero-order valence-corrected chi connectivity index (χ0v) is 15.5. The zero-order valence-electron chi connectivity index (χ0n) is 15.5. The average molecular weight is 321 g/mol. The highest BCUT2D eigenvalue weighted by molar-refractivity contribution is 5.52. The summed E-state index contributed by atoms with van der Waals surface area (Å²) in [6, 6.07) is 13.0. The first-order chi connectivity index (χ1) is 11.3. The third-order valence-corrected chi connectivity index (χ3v) is 4.66. The van der Waals surface area contributed by atoms with Gasteiger partial charge in [-0.25, -0.2) is 0 Å². The molecule has 0 aliphatic heterocycles. The van der Waals surface area contributed by atoms with Gasteiger partial charge in [0.15, 0.2) is 25.1 Å². The fraction of sp³-hybridized carbons (Fsp3) is 0.333. The molecule has 0 spiro atoms. The molecule has 3 nitrogen and oxygen atoms in total. The third kappa shape index (κ3) is 2.86. The van der Waals surface area contributed by atoms with E-state index in [1.165, 1.54) is 28.2 Å². The van der Waals surface area contributed by atoms with Crippen molar-refractivity contribution >= 4 is 0 Å². The summed E-state index contributed by atoms with van der Waals surface area (Å²) < 4.78 is 6.59. The van der Waals surface area contributed by atoms with Crippen molar-refractivity contribution in [2.75, 3.05) is 0 Å². The van der Waals surface area contributed by atoms with Crippen LogP contribution >= 0.6 is 0 Å². The summed E-state index contributed by atoms with van der Waals surface area (Å²) in [5.41, 5.74) is 6.39. The van der Waals surface area contributed by atoms with Crippen LogP contribution in [-0.2, 0) is 12.5 Å². The van der Waals surface area contributed by atoms with Crippen LogP contribution in [-0.4, -0.2) is 4.68 Å². The van der Waals surface area contributed by atoms with E-state index in [0.29, 0.717) is 0 Å². The quantitative estimate of drug-likeness (QED) is 0.641. The van der Waals surface area contributed by atoms with Crippen molar-refractivity contribution in [3.05, 3.63) is 71.8 Å². The Morgan fingerprint density at radius 3 is 2.29 bits per heavy atom. The number of hydrogen-bond donors (Lipinski definition) is 0. The van der Waals surface area contributed by atoms with Gasteiger partial charge in [0.25, 0.3) is 0 Å². The van der Waals surface area contributed by atoms with Crippen LogP contribution < -0.4 is 9.25 Å². The summed E-state index contributed by atoms with van der Waals surface area (Å²) in [6.07, 6.45) is 6.33. The molecule has 0 aliphatic rings. The highest BCUT2D eigenvalue weighted by atomic mass is 15.4. The Bertz CT molecular complexity index is 882. The molecule has 0 fully saturated rings. The SMILES string of the molecule is Cc1c(-n2ccc[n+]2C)cc(C(C)(C)C)cc1-[n+]1ccccc1C. The lowest BCUT2D eigenvalue weighted by molar-refractivity contribution is -0.744. The number of aryl methyl sites for hydroxylation is 2. The van der Waals surface area contributed by atoms with E-state index in [-0.39, 0.29) is 5.41 Å². The number of rotatable bonds is 2. The lowest BCUT2D eigenvalue weighted by Gasteiger charge is -2.21. The second-order valence-corrected chi connectivity index (χ2v) is 7.51. The molecule has 3 heteroatoms. The van der Waals surface area contributed by atoms with Gasteiger partial charge in [-0.3, -0.25) is 0 Å². The van der Waals surface area contributed by atoms with Crippen molar-refractivity contribution in [1.29, 1.82) is 0 Å². The number of aromatic nitrogens is 3. The maximum Gasteiger partial charge on any atom is 0.216 e. The van der Waals surface area contributed by atoms with Gasteiger partial charge in [0.05, 0.1) is 11.8 Å². The fourth-order valence-electron chi connectivity index (χ4n) is 3.08. The minimum absolute atomic E-state index is 0.0895. The molecule has 3 rings (SSSR count). The van der Waals surface area contributed by atoms with Gasteiger partial charge in [-0.15, -0.1) is 9.36 Å². The van der Waals surface area contributed by atoms with Crippen molar-refractivity contribution in [3.8, 4) is 11.4 Å². The monoisotopic (exact) mass is 321 g/mol. The first-order valence-corrected chi connectivity index (χ1v) is 8.45. The minimum atomic E-state index is 0.0895. The van der Waals surface area contributed by atoms with Gasteiger partial charge in [-0.2, -0.15) is 4.57 Å². The molecule has 0 N–H and O–H groups in total. The van der Waals surface area contributed by atoms with Gasteiger partial charge >= 0.3 is 0 Å². The van der Waals surface area contributed by atoms with E-state index in [2.05, 4.69) is 111 Å². The Balaban J connectivity index is 2.34. The summed E-state index contributed by atoms with van der Waals surface area (Å²) in [5, 5.41) is 0. The van der Waals surface area contributed by atoms with Crippen molar-refractivity contribution in [2.45, 2.75) is 40.0 Å². The first-order valence-electron chi connectivity index (χ1n) is 8.45. The Kier molecular flexibility index (Phi) is 4.04. The predicted octanol–water partition coefficient (Wildman–Crippen LogP) is 3.49. The second kappa shape index (κ2) is 5.90. The number of nitrogens with zero attached hydrogens (tertiary/aromatic N) is 3. The molecule has 0 saturated heterocycles. The molecule has 0 amide bonds. The lowest BCUT2D eigenvalue weighted by atomic mass is 9.85. The van der Waals surface area contributed by atoms with E-state index in [1.54, 1.807) is 0 Å². The smallest absolute Gasteiger partial charge is 0.164 e. The fourth-order valence-corrected chi connectivity index (χ4v) is 3.08. The maximum atomic E-state index is 2.33. The highest BCUT2D eigenvalue weighted by Crippen LogP contribution is 2.29. The molecule has 2 heterocycles. The van der Waals surface area contributed by atoms with E-state index >= 15 is 0 Å². The molecule has 0 radical (unpaired) electrons. The molecule has 0 bridgehead atoms. The topological polar surface area (TPSA) is 12.7 Å². The molecule has 24 heavy (non-hydrogen) atoms. The molecule has 3 aromatic rings. The molecule has 124 valence electrons. The van der Waals surface area contributed by atoms with E-state index in [9.17, 15) is 0 Å². The van der Waals surface area contributed by atoms with Gasteiger partial charge in [0, 0.05) is 31.2 Å². The van der Waals surface area contributed by atoms with Gasteiger partial charge in [0.2, 0.25) is 5.69 Å². The van der Waals surface area contributed by atoms with E-state index in [0.717, 1.165) is 0 Å². The van der Waals surface area contributed by atoms with Gasteiger partial charge in [-0.05, 0) is 24.0 Å². The van der Waals surface area contributed by atoms with Crippen molar-refractivity contribution in [3.63, 3.8) is 0 Å². The summed E-state index contributed by atoms with van der Waals surface area (Å²) in [4.78, 5) is 0. The minimum Gasteiger partial charge on any atom is -0.164 e. The van der Waals surface area contributed by atoms with Crippen LogP contribution in [0.3, 0.4) is 0 Å². The van der Waals surface area contributed by atoms with Crippen molar-refractivity contribution in [2.24, 2.45) is 7.05 Å². The number of benzene rings is 1. The highest BCUT2D eigenvalue weighted by Gasteiger charge is 2.24. The van der Waals surface area contributed by atoms with Gasteiger partial charge in [-0.1, -0.05) is 26.8 Å². The van der Waals surface area contributed by atoms with Crippen LogP contribution in [0.15, 0.2) is 55.0 Å². The predicted molar refractivity (Wildman–Crippen MR) is 96.7 cm³/mol. The number of pyridine rings is 1. The van der Waals surface area contributed by atoms with Crippen molar-refractivity contribution < 1.29 is 9.25 Å². The Labute approximate surface area is 144 Å². The normalized spacial score (nSPS) is 11.8. The van der Waals surface area contributed by atoms with Crippen LogP contribution in [0.5, 0.6) is 0 Å². The molecular weight excluding hydrogens is 294 g/mol. The molecule has 1 aromatic carbocycles. The molecular formula is C21H27N3+2. The summed E-state index contributed by atoms with van der Waals surface area (Å²) in [6.45, 7) is 11.2. The van der Waals surface area contributed by atoms with Crippen LogP contribution in [0.1, 0.15) is 37.6 Å². The van der Waals surface area contributed by atoms with Crippen molar-refractivity contribution in [1.82, 2.24) is 4.68 Å². The zero-order chi connectivity index (χ0) is 17.5. The Morgan fingerprint density at radius 1 is 0.958 bits per heavy atom. The maximum absolute atomic E-state index is 2.33. The Morgan fingerprint density at radius 2 is 1.71 bits per heavy atom.